The number of hydrogen-bond donors (Lipinski definition) is 1. The monoisotopic (exact) mass is 319 g/mol. The van der Waals surface area contributed by atoms with E-state index in [0.717, 1.165) is 23.8 Å². The van der Waals surface area contributed by atoms with Crippen LogP contribution in [0.15, 0.2) is 36.0 Å². The second kappa shape index (κ2) is 8.25. The average Bonchev–Trinajstić information content (AvgIpc) is 2.95. The molecule has 3 unspecified atom stereocenters. The Labute approximate surface area is 139 Å². The van der Waals surface area contributed by atoms with Crippen molar-refractivity contribution in [1.82, 2.24) is 4.90 Å². The quantitative estimate of drug-likeness (QED) is 0.928. The summed E-state index contributed by atoms with van der Waals surface area (Å²) >= 11 is 0. The van der Waals surface area contributed by atoms with Gasteiger partial charge in [0.05, 0.1) is 20.3 Å². The molecule has 0 amide bonds. The van der Waals surface area contributed by atoms with E-state index in [9.17, 15) is 5.11 Å². The van der Waals surface area contributed by atoms with Crippen molar-refractivity contribution in [3.63, 3.8) is 0 Å². The van der Waals surface area contributed by atoms with Gasteiger partial charge in [0, 0.05) is 25.2 Å². The predicted molar refractivity (Wildman–Crippen MR) is 92.8 cm³/mol. The lowest BCUT2D eigenvalue weighted by atomic mass is 9.79. The predicted octanol–water partition coefficient (Wildman–Crippen LogP) is 3.32. The molecule has 1 heterocycles. The van der Waals surface area contributed by atoms with Crippen LogP contribution in [0.25, 0.3) is 0 Å². The first-order valence-corrected chi connectivity index (χ1v) is 8.38. The zero-order valence-electron chi connectivity index (χ0n) is 14.7. The number of ether oxygens (including phenoxy) is 2. The minimum absolute atomic E-state index is 0.197. The van der Waals surface area contributed by atoms with Gasteiger partial charge in [0.25, 0.3) is 0 Å². The van der Waals surface area contributed by atoms with Crippen molar-refractivity contribution in [3.8, 4) is 11.5 Å². The second-order valence-corrected chi connectivity index (χ2v) is 6.23. The largest absolute Gasteiger partial charge is 0.493 e. The topological polar surface area (TPSA) is 41.9 Å². The SMILES string of the molecule is CCC1CC(O)C=C2C1CCN2C.COc1ccccc1OC. The molecule has 0 aromatic heterocycles. The molecule has 3 atom stereocenters. The van der Waals surface area contributed by atoms with Gasteiger partial charge in [0.15, 0.2) is 11.5 Å². The van der Waals surface area contributed by atoms with E-state index in [1.165, 1.54) is 25.1 Å². The molecule has 1 aromatic rings. The summed E-state index contributed by atoms with van der Waals surface area (Å²) in [4.78, 5) is 2.30. The number of allylic oxidation sites excluding steroid dienone is 1. The van der Waals surface area contributed by atoms with Crippen LogP contribution in [0.4, 0.5) is 0 Å². The number of likely N-dealkylation sites (tertiary alicyclic amines) is 1. The lowest BCUT2D eigenvalue weighted by Crippen LogP contribution is -2.27. The molecule has 3 rings (SSSR count). The van der Waals surface area contributed by atoms with E-state index >= 15 is 0 Å². The fraction of sp³-hybridized carbons (Fsp3) is 0.579. The molecule has 4 heteroatoms. The summed E-state index contributed by atoms with van der Waals surface area (Å²) in [5.74, 6) is 2.98. The minimum Gasteiger partial charge on any atom is -0.493 e. The highest BCUT2D eigenvalue weighted by Gasteiger charge is 2.35. The normalized spacial score (nSPS) is 25.9. The third-order valence-corrected chi connectivity index (χ3v) is 4.89. The Bertz CT molecular complexity index is 506. The Balaban J connectivity index is 0.000000174. The molecule has 128 valence electrons. The van der Waals surface area contributed by atoms with Gasteiger partial charge in [-0.3, -0.25) is 0 Å². The fourth-order valence-electron chi connectivity index (χ4n) is 3.60. The molecule has 2 aliphatic rings. The van der Waals surface area contributed by atoms with Crippen molar-refractivity contribution in [2.24, 2.45) is 11.8 Å². The molecular weight excluding hydrogens is 290 g/mol. The van der Waals surface area contributed by atoms with Crippen molar-refractivity contribution >= 4 is 0 Å². The zero-order chi connectivity index (χ0) is 16.8. The lowest BCUT2D eigenvalue weighted by molar-refractivity contribution is 0.149. The maximum Gasteiger partial charge on any atom is 0.160 e. The second-order valence-electron chi connectivity index (χ2n) is 6.23. The number of fused-ring (bicyclic) bond motifs is 1. The standard InChI is InChI=1S/C11H19NO.C8H10O2/c1-3-8-6-9(13)7-11-10(8)4-5-12(11)2;1-9-7-5-3-4-6-8(7)10-2/h7-10,13H,3-6H2,1-2H3;3-6H,1-2H3. The van der Waals surface area contributed by atoms with Gasteiger partial charge in [-0.25, -0.2) is 0 Å². The lowest BCUT2D eigenvalue weighted by Gasteiger charge is -2.31. The average molecular weight is 319 g/mol. The van der Waals surface area contributed by atoms with Gasteiger partial charge in [-0.1, -0.05) is 25.5 Å². The van der Waals surface area contributed by atoms with Crippen LogP contribution < -0.4 is 9.47 Å². The number of aliphatic hydroxyl groups is 1. The molecule has 1 fully saturated rings. The van der Waals surface area contributed by atoms with Crippen LogP contribution in [0, 0.1) is 11.8 Å². The molecule has 0 radical (unpaired) electrons. The van der Waals surface area contributed by atoms with E-state index in [-0.39, 0.29) is 6.10 Å². The third-order valence-electron chi connectivity index (χ3n) is 4.89. The van der Waals surface area contributed by atoms with Crippen molar-refractivity contribution < 1.29 is 14.6 Å². The molecule has 1 saturated heterocycles. The summed E-state index contributed by atoms with van der Waals surface area (Å²) < 4.78 is 10.0. The Hall–Kier alpha value is -1.68. The van der Waals surface area contributed by atoms with Crippen LogP contribution in [0.5, 0.6) is 11.5 Å². The van der Waals surface area contributed by atoms with E-state index in [4.69, 9.17) is 9.47 Å². The molecule has 1 aromatic carbocycles. The van der Waals surface area contributed by atoms with Gasteiger partial charge in [-0.15, -0.1) is 0 Å². The summed E-state index contributed by atoms with van der Waals surface area (Å²) in [6, 6.07) is 7.53. The van der Waals surface area contributed by atoms with Gasteiger partial charge in [-0.05, 0) is 37.0 Å². The molecule has 0 saturated carbocycles. The molecular formula is C19H29NO3. The summed E-state index contributed by atoms with van der Waals surface area (Å²) in [6.45, 7) is 3.40. The number of nitrogens with zero attached hydrogens (tertiary/aromatic N) is 1. The molecule has 0 bridgehead atoms. The number of methoxy groups -OCH3 is 2. The first-order chi connectivity index (χ1) is 11.1. The zero-order valence-corrected chi connectivity index (χ0v) is 14.7. The van der Waals surface area contributed by atoms with Crippen LogP contribution in [0.3, 0.4) is 0 Å². The fourth-order valence-corrected chi connectivity index (χ4v) is 3.60. The summed E-state index contributed by atoms with van der Waals surface area (Å²) in [7, 11) is 5.38. The van der Waals surface area contributed by atoms with E-state index < -0.39 is 0 Å². The van der Waals surface area contributed by atoms with Gasteiger partial charge in [0.1, 0.15) is 0 Å². The number of rotatable bonds is 3. The highest BCUT2D eigenvalue weighted by atomic mass is 16.5. The van der Waals surface area contributed by atoms with E-state index in [1.807, 2.05) is 24.3 Å². The van der Waals surface area contributed by atoms with Crippen LogP contribution in [-0.2, 0) is 0 Å². The minimum atomic E-state index is -0.197. The molecule has 4 nitrogen and oxygen atoms in total. The van der Waals surface area contributed by atoms with Crippen LogP contribution in [0.2, 0.25) is 0 Å². The van der Waals surface area contributed by atoms with Crippen molar-refractivity contribution in [2.75, 3.05) is 27.8 Å². The number of aliphatic hydroxyl groups excluding tert-OH is 1. The summed E-state index contributed by atoms with van der Waals surface area (Å²) in [5.41, 5.74) is 1.39. The van der Waals surface area contributed by atoms with Crippen LogP contribution in [0.1, 0.15) is 26.2 Å². The highest BCUT2D eigenvalue weighted by Crippen LogP contribution is 2.40. The number of para-hydroxylation sites is 2. The van der Waals surface area contributed by atoms with Gasteiger partial charge < -0.3 is 19.5 Å². The smallest absolute Gasteiger partial charge is 0.160 e. The number of benzene rings is 1. The van der Waals surface area contributed by atoms with Crippen LogP contribution >= 0.6 is 0 Å². The molecule has 1 aliphatic carbocycles. The Morgan fingerprint density at radius 1 is 1.17 bits per heavy atom. The summed E-state index contributed by atoms with van der Waals surface area (Å²) in [6.07, 6.45) is 5.32. The van der Waals surface area contributed by atoms with Crippen molar-refractivity contribution in [3.05, 3.63) is 36.0 Å². The summed E-state index contributed by atoms with van der Waals surface area (Å²) in [5, 5.41) is 9.67. The Morgan fingerprint density at radius 2 is 1.78 bits per heavy atom. The van der Waals surface area contributed by atoms with E-state index in [0.29, 0.717) is 5.92 Å². The first-order valence-electron chi connectivity index (χ1n) is 8.38. The van der Waals surface area contributed by atoms with Crippen molar-refractivity contribution in [2.45, 2.75) is 32.3 Å². The van der Waals surface area contributed by atoms with E-state index in [1.54, 1.807) is 14.2 Å². The molecule has 1 aliphatic heterocycles. The Morgan fingerprint density at radius 3 is 2.30 bits per heavy atom. The van der Waals surface area contributed by atoms with Gasteiger partial charge in [-0.2, -0.15) is 0 Å². The van der Waals surface area contributed by atoms with Gasteiger partial charge >= 0.3 is 0 Å². The third kappa shape index (κ3) is 4.20. The maximum absolute atomic E-state index is 9.67. The van der Waals surface area contributed by atoms with Crippen molar-refractivity contribution in [1.29, 1.82) is 0 Å². The number of hydrogen-bond acceptors (Lipinski definition) is 4. The highest BCUT2D eigenvalue weighted by molar-refractivity contribution is 5.39. The maximum atomic E-state index is 9.67. The Kier molecular flexibility index (Phi) is 6.34. The van der Waals surface area contributed by atoms with Crippen LogP contribution in [-0.4, -0.2) is 43.9 Å². The molecule has 0 spiro atoms. The van der Waals surface area contributed by atoms with E-state index in [2.05, 4.69) is 24.9 Å². The van der Waals surface area contributed by atoms with Gasteiger partial charge in [0.2, 0.25) is 0 Å². The first kappa shape index (κ1) is 17.7. The molecule has 1 N–H and O–H groups in total. The molecule has 23 heavy (non-hydrogen) atoms.